The summed E-state index contributed by atoms with van der Waals surface area (Å²) in [5.74, 6) is -1.59. The molecule has 0 radical (unpaired) electrons. The number of carbonyl (C=O) groups is 1. The molecular formula is C14H17FN2O2. The third-order valence-electron chi connectivity index (χ3n) is 3.30. The van der Waals surface area contributed by atoms with Gasteiger partial charge in [-0.25, -0.2) is 9.18 Å². The number of benzene rings is 1. The summed E-state index contributed by atoms with van der Waals surface area (Å²) in [7, 11) is 0. The van der Waals surface area contributed by atoms with Gasteiger partial charge in [-0.15, -0.1) is 0 Å². The average molecular weight is 264 g/mol. The lowest BCUT2D eigenvalue weighted by molar-refractivity contribution is 0.0697. The van der Waals surface area contributed by atoms with Gasteiger partial charge >= 0.3 is 5.97 Å². The zero-order valence-electron chi connectivity index (χ0n) is 11.2. The molecule has 0 fully saturated rings. The summed E-state index contributed by atoms with van der Waals surface area (Å²) in [6.45, 7) is 6.39. The van der Waals surface area contributed by atoms with E-state index in [1.165, 1.54) is 12.1 Å². The molecule has 0 aliphatic heterocycles. The summed E-state index contributed by atoms with van der Waals surface area (Å²) < 4.78 is 15.5. The monoisotopic (exact) mass is 264 g/mol. The fourth-order valence-corrected chi connectivity index (χ4v) is 2.57. The van der Waals surface area contributed by atoms with E-state index in [1.54, 1.807) is 0 Å². The number of nitrogens with two attached hydrogens (primary N) is 1. The highest BCUT2D eigenvalue weighted by Gasteiger charge is 2.24. The molecule has 0 unspecified atom stereocenters. The van der Waals surface area contributed by atoms with Crippen molar-refractivity contribution in [2.45, 2.75) is 33.2 Å². The Hall–Kier alpha value is -2.04. The van der Waals surface area contributed by atoms with E-state index in [9.17, 15) is 14.3 Å². The molecule has 102 valence electrons. The number of hydrogen-bond donors (Lipinski definition) is 2. The molecule has 0 spiro atoms. The number of anilines is 1. The molecule has 0 aliphatic carbocycles. The highest BCUT2D eigenvalue weighted by Crippen LogP contribution is 2.33. The molecule has 0 aliphatic rings. The third kappa shape index (κ3) is 1.95. The Morgan fingerprint density at radius 3 is 2.58 bits per heavy atom. The van der Waals surface area contributed by atoms with Gasteiger partial charge in [0, 0.05) is 17.6 Å². The van der Waals surface area contributed by atoms with Gasteiger partial charge in [-0.2, -0.15) is 0 Å². The summed E-state index contributed by atoms with van der Waals surface area (Å²) in [5.41, 5.74) is 7.16. The lowest BCUT2D eigenvalue weighted by Crippen LogP contribution is -2.07. The Kier molecular flexibility index (Phi) is 3.22. The van der Waals surface area contributed by atoms with Gasteiger partial charge in [-0.3, -0.25) is 0 Å². The van der Waals surface area contributed by atoms with Crippen LogP contribution in [0.4, 0.5) is 10.1 Å². The number of nitrogen functional groups attached to an aromatic ring is 1. The maximum atomic E-state index is 13.6. The van der Waals surface area contributed by atoms with E-state index in [4.69, 9.17) is 5.73 Å². The standard InChI is InChI=1S/C14H17FN2O2/c1-4-17-11-6-10(16)9(15)5-8(11)12(14(18)19)13(17)7(2)3/h5-7H,4,16H2,1-3H3,(H,18,19). The number of nitrogens with zero attached hydrogens (tertiary/aromatic N) is 1. The minimum absolute atomic E-state index is 0.0303. The number of halogens is 1. The van der Waals surface area contributed by atoms with Gasteiger partial charge < -0.3 is 15.4 Å². The van der Waals surface area contributed by atoms with Crippen molar-refractivity contribution >= 4 is 22.6 Å². The maximum absolute atomic E-state index is 13.6. The first-order chi connectivity index (χ1) is 8.88. The SMILES string of the molecule is CCn1c(C(C)C)c(C(=O)O)c2cc(F)c(N)cc21. The molecule has 0 atom stereocenters. The van der Waals surface area contributed by atoms with Crippen molar-refractivity contribution in [2.75, 3.05) is 5.73 Å². The van der Waals surface area contributed by atoms with Crippen molar-refractivity contribution < 1.29 is 14.3 Å². The van der Waals surface area contributed by atoms with Crippen molar-refractivity contribution in [1.82, 2.24) is 4.57 Å². The van der Waals surface area contributed by atoms with Gasteiger partial charge in [-0.1, -0.05) is 13.8 Å². The lowest BCUT2D eigenvalue weighted by atomic mass is 10.0. The Morgan fingerprint density at radius 1 is 1.47 bits per heavy atom. The van der Waals surface area contributed by atoms with Crippen molar-refractivity contribution in [3.8, 4) is 0 Å². The van der Waals surface area contributed by atoms with Crippen LogP contribution in [0.3, 0.4) is 0 Å². The minimum Gasteiger partial charge on any atom is -0.478 e. The molecule has 19 heavy (non-hydrogen) atoms. The first-order valence-electron chi connectivity index (χ1n) is 6.22. The number of rotatable bonds is 3. The van der Waals surface area contributed by atoms with Crippen molar-refractivity contribution in [1.29, 1.82) is 0 Å². The highest BCUT2D eigenvalue weighted by molar-refractivity contribution is 6.06. The number of carboxylic acids is 1. The second-order valence-corrected chi connectivity index (χ2v) is 4.86. The van der Waals surface area contributed by atoms with Gasteiger partial charge in [0.15, 0.2) is 0 Å². The van der Waals surface area contributed by atoms with Crippen LogP contribution in [0.1, 0.15) is 42.7 Å². The first-order valence-corrected chi connectivity index (χ1v) is 6.22. The maximum Gasteiger partial charge on any atom is 0.338 e. The van der Waals surface area contributed by atoms with Gasteiger partial charge in [0.25, 0.3) is 0 Å². The Labute approximate surface area is 110 Å². The molecule has 0 saturated carbocycles. The van der Waals surface area contributed by atoms with E-state index in [1.807, 2.05) is 25.3 Å². The second-order valence-electron chi connectivity index (χ2n) is 4.86. The number of hydrogen-bond acceptors (Lipinski definition) is 2. The topological polar surface area (TPSA) is 68.2 Å². The zero-order valence-corrected chi connectivity index (χ0v) is 11.2. The average Bonchev–Trinajstić information content (AvgIpc) is 2.63. The normalized spacial score (nSPS) is 11.4. The van der Waals surface area contributed by atoms with Crippen LogP contribution < -0.4 is 5.73 Å². The Morgan fingerprint density at radius 2 is 2.11 bits per heavy atom. The molecule has 2 aromatic rings. The predicted molar refractivity (Wildman–Crippen MR) is 73.0 cm³/mol. The molecule has 4 nitrogen and oxygen atoms in total. The van der Waals surface area contributed by atoms with Crippen LogP contribution in [0.2, 0.25) is 0 Å². The smallest absolute Gasteiger partial charge is 0.338 e. The van der Waals surface area contributed by atoms with Crippen molar-refractivity contribution in [3.63, 3.8) is 0 Å². The molecule has 0 amide bonds. The lowest BCUT2D eigenvalue weighted by Gasteiger charge is -2.12. The fourth-order valence-electron chi connectivity index (χ4n) is 2.57. The second kappa shape index (κ2) is 4.57. The Balaban J connectivity index is 2.99. The summed E-state index contributed by atoms with van der Waals surface area (Å²) >= 11 is 0. The van der Waals surface area contributed by atoms with Gasteiger partial charge in [0.1, 0.15) is 5.82 Å². The van der Waals surface area contributed by atoms with Gasteiger partial charge in [-0.05, 0) is 25.0 Å². The molecular weight excluding hydrogens is 247 g/mol. The van der Waals surface area contributed by atoms with Crippen LogP contribution in [0.5, 0.6) is 0 Å². The molecule has 5 heteroatoms. The summed E-state index contributed by atoms with van der Waals surface area (Å²) in [6.07, 6.45) is 0. The summed E-state index contributed by atoms with van der Waals surface area (Å²) in [4.78, 5) is 11.5. The van der Waals surface area contributed by atoms with E-state index in [0.717, 1.165) is 0 Å². The van der Waals surface area contributed by atoms with Crippen LogP contribution in [0.15, 0.2) is 12.1 Å². The number of aromatic carboxylic acids is 1. The minimum atomic E-state index is -1.04. The predicted octanol–water partition coefficient (Wildman–Crippen LogP) is 3.20. The summed E-state index contributed by atoms with van der Waals surface area (Å²) in [5, 5.41) is 9.82. The van der Waals surface area contributed by atoms with Crippen molar-refractivity contribution in [2.24, 2.45) is 0 Å². The van der Waals surface area contributed by atoms with Crippen LogP contribution in [-0.2, 0) is 6.54 Å². The molecule has 3 N–H and O–H groups in total. The molecule has 0 saturated heterocycles. The number of aromatic nitrogens is 1. The number of aryl methyl sites for hydroxylation is 1. The van der Waals surface area contributed by atoms with Crippen LogP contribution in [0.25, 0.3) is 10.9 Å². The quantitative estimate of drug-likeness (QED) is 0.836. The fraction of sp³-hybridized carbons (Fsp3) is 0.357. The van der Waals surface area contributed by atoms with E-state index in [0.29, 0.717) is 23.1 Å². The molecule has 1 aromatic heterocycles. The largest absolute Gasteiger partial charge is 0.478 e. The van der Waals surface area contributed by atoms with Crippen LogP contribution >= 0.6 is 0 Å². The molecule has 1 aromatic carbocycles. The summed E-state index contributed by atoms with van der Waals surface area (Å²) in [6, 6.07) is 2.72. The molecule has 2 rings (SSSR count). The van der Waals surface area contributed by atoms with Gasteiger partial charge in [0.2, 0.25) is 0 Å². The van der Waals surface area contributed by atoms with E-state index >= 15 is 0 Å². The van der Waals surface area contributed by atoms with E-state index < -0.39 is 11.8 Å². The molecule has 0 bridgehead atoms. The number of fused-ring (bicyclic) bond motifs is 1. The van der Waals surface area contributed by atoms with Gasteiger partial charge in [0.05, 0.1) is 16.8 Å². The Bertz CT molecular complexity index is 659. The van der Waals surface area contributed by atoms with E-state index in [-0.39, 0.29) is 17.2 Å². The molecule has 1 heterocycles. The van der Waals surface area contributed by atoms with E-state index in [2.05, 4.69) is 0 Å². The first kappa shape index (κ1) is 13.4. The highest BCUT2D eigenvalue weighted by atomic mass is 19.1. The van der Waals surface area contributed by atoms with Crippen LogP contribution in [0, 0.1) is 5.82 Å². The number of carboxylic acid groups (broad SMARTS) is 1. The van der Waals surface area contributed by atoms with Crippen molar-refractivity contribution in [3.05, 3.63) is 29.2 Å². The third-order valence-corrected chi connectivity index (χ3v) is 3.30. The zero-order chi connectivity index (χ0) is 14.3. The van der Waals surface area contributed by atoms with Crippen LogP contribution in [-0.4, -0.2) is 15.6 Å².